The molecule has 0 spiro atoms. The standard InChI is InChI=1S/C17H11N3O5S2/c21-13-7-6-10(8-12(13)20(24)25)9-14-16(23)19(17(26)27-14)18-15(22)11-4-2-1-3-5-11/h1-9,21H,(H,18,22)/b14-9+. The Kier molecular flexibility index (Phi) is 5.19. The predicted octanol–water partition coefficient (Wildman–Crippen LogP) is 2.85. The number of hydrogen-bond donors (Lipinski definition) is 2. The number of carbonyl (C=O) groups excluding carboxylic acids is 2. The maximum absolute atomic E-state index is 12.5. The molecule has 0 saturated carbocycles. The molecule has 136 valence electrons. The fourth-order valence-electron chi connectivity index (χ4n) is 2.25. The molecule has 8 nitrogen and oxygen atoms in total. The third kappa shape index (κ3) is 3.96. The smallest absolute Gasteiger partial charge is 0.311 e. The minimum atomic E-state index is -0.724. The summed E-state index contributed by atoms with van der Waals surface area (Å²) in [6.45, 7) is 0. The summed E-state index contributed by atoms with van der Waals surface area (Å²) >= 11 is 6.09. The number of nitrogens with one attached hydrogen (secondary N) is 1. The number of phenolic OH excluding ortho intramolecular Hbond substituents is 1. The lowest BCUT2D eigenvalue weighted by Gasteiger charge is -2.15. The number of aromatic hydroxyl groups is 1. The summed E-state index contributed by atoms with van der Waals surface area (Å²) in [4.78, 5) is 35.1. The average molecular weight is 401 g/mol. The van der Waals surface area contributed by atoms with Gasteiger partial charge in [0.05, 0.1) is 9.83 Å². The fraction of sp³-hybridized carbons (Fsp3) is 0. The Labute approximate surface area is 162 Å². The summed E-state index contributed by atoms with van der Waals surface area (Å²) in [5, 5.41) is 21.4. The van der Waals surface area contributed by atoms with E-state index in [-0.39, 0.29) is 9.23 Å². The van der Waals surface area contributed by atoms with E-state index in [2.05, 4.69) is 5.43 Å². The van der Waals surface area contributed by atoms with E-state index in [0.717, 1.165) is 22.8 Å². The van der Waals surface area contributed by atoms with Crippen LogP contribution in [0, 0.1) is 10.1 Å². The van der Waals surface area contributed by atoms with Crippen LogP contribution in [0.25, 0.3) is 6.08 Å². The van der Waals surface area contributed by atoms with Gasteiger partial charge in [-0.25, -0.2) is 0 Å². The van der Waals surface area contributed by atoms with Gasteiger partial charge < -0.3 is 5.11 Å². The molecule has 1 aliphatic rings. The van der Waals surface area contributed by atoms with E-state index < -0.39 is 28.2 Å². The number of amides is 2. The van der Waals surface area contributed by atoms with Gasteiger partial charge in [0, 0.05) is 11.6 Å². The summed E-state index contributed by atoms with van der Waals surface area (Å²) in [7, 11) is 0. The molecule has 2 amide bonds. The molecule has 1 heterocycles. The van der Waals surface area contributed by atoms with Crippen LogP contribution >= 0.6 is 24.0 Å². The predicted molar refractivity (Wildman–Crippen MR) is 104 cm³/mol. The van der Waals surface area contributed by atoms with E-state index in [1.165, 1.54) is 18.2 Å². The van der Waals surface area contributed by atoms with Gasteiger partial charge in [0.2, 0.25) is 0 Å². The van der Waals surface area contributed by atoms with Crippen molar-refractivity contribution in [1.82, 2.24) is 10.4 Å². The second kappa shape index (κ2) is 7.56. The maximum Gasteiger partial charge on any atom is 0.311 e. The first kappa shape index (κ1) is 18.5. The molecule has 1 aliphatic heterocycles. The number of nitro benzene ring substituents is 1. The topological polar surface area (TPSA) is 113 Å². The van der Waals surface area contributed by atoms with Crippen LogP contribution in [0.2, 0.25) is 0 Å². The molecule has 27 heavy (non-hydrogen) atoms. The molecular formula is C17H11N3O5S2. The molecule has 0 radical (unpaired) electrons. The van der Waals surface area contributed by atoms with Gasteiger partial charge in [-0.3, -0.25) is 25.1 Å². The van der Waals surface area contributed by atoms with Crippen molar-refractivity contribution in [3.63, 3.8) is 0 Å². The van der Waals surface area contributed by atoms with Crippen LogP contribution in [0.15, 0.2) is 53.4 Å². The van der Waals surface area contributed by atoms with Gasteiger partial charge in [0.15, 0.2) is 10.1 Å². The molecule has 0 aromatic heterocycles. The van der Waals surface area contributed by atoms with E-state index >= 15 is 0 Å². The maximum atomic E-state index is 12.5. The van der Waals surface area contributed by atoms with Crippen LogP contribution in [0.3, 0.4) is 0 Å². The summed E-state index contributed by atoms with van der Waals surface area (Å²) in [5.74, 6) is -1.52. The average Bonchev–Trinajstić information content (AvgIpc) is 2.91. The Morgan fingerprint density at radius 2 is 1.96 bits per heavy atom. The molecule has 1 fully saturated rings. The Morgan fingerprint density at radius 3 is 2.63 bits per heavy atom. The van der Waals surface area contributed by atoms with Crippen LogP contribution < -0.4 is 5.43 Å². The number of phenols is 1. The third-order valence-electron chi connectivity index (χ3n) is 3.54. The summed E-state index contributed by atoms with van der Waals surface area (Å²) in [5.41, 5.74) is 2.68. The number of benzene rings is 2. The molecule has 0 bridgehead atoms. The van der Waals surface area contributed by atoms with E-state index in [0.29, 0.717) is 11.1 Å². The lowest BCUT2D eigenvalue weighted by Crippen LogP contribution is -2.44. The largest absolute Gasteiger partial charge is 0.502 e. The molecule has 3 rings (SSSR count). The molecule has 1 saturated heterocycles. The van der Waals surface area contributed by atoms with Gasteiger partial charge in [0.25, 0.3) is 11.8 Å². The quantitative estimate of drug-likeness (QED) is 0.350. The zero-order chi connectivity index (χ0) is 19.6. The molecule has 2 aromatic carbocycles. The Morgan fingerprint density at radius 1 is 1.26 bits per heavy atom. The highest BCUT2D eigenvalue weighted by Crippen LogP contribution is 2.33. The molecule has 10 heteroatoms. The van der Waals surface area contributed by atoms with Crippen molar-refractivity contribution in [2.45, 2.75) is 0 Å². The zero-order valence-electron chi connectivity index (χ0n) is 13.5. The number of nitrogens with zero attached hydrogens (tertiary/aromatic N) is 2. The number of nitro groups is 1. The van der Waals surface area contributed by atoms with Gasteiger partial charge in [-0.15, -0.1) is 0 Å². The van der Waals surface area contributed by atoms with Crippen LogP contribution in [-0.2, 0) is 4.79 Å². The normalized spacial score (nSPS) is 15.3. The molecule has 2 aromatic rings. The van der Waals surface area contributed by atoms with Crippen LogP contribution in [0.5, 0.6) is 5.75 Å². The minimum absolute atomic E-state index is 0.129. The van der Waals surface area contributed by atoms with Crippen LogP contribution in [0.1, 0.15) is 15.9 Å². The van der Waals surface area contributed by atoms with E-state index in [1.54, 1.807) is 30.3 Å². The highest BCUT2D eigenvalue weighted by molar-refractivity contribution is 8.26. The first-order chi connectivity index (χ1) is 12.9. The van der Waals surface area contributed by atoms with Gasteiger partial charge in [-0.1, -0.05) is 36.0 Å². The molecule has 0 aliphatic carbocycles. The first-order valence-electron chi connectivity index (χ1n) is 7.48. The minimum Gasteiger partial charge on any atom is -0.502 e. The zero-order valence-corrected chi connectivity index (χ0v) is 15.1. The highest BCUT2D eigenvalue weighted by Gasteiger charge is 2.33. The Hall–Kier alpha value is -3.24. The number of carbonyl (C=O) groups is 2. The Bertz CT molecular complexity index is 991. The van der Waals surface area contributed by atoms with Crippen molar-refractivity contribution in [2.75, 3.05) is 0 Å². The second-order valence-corrected chi connectivity index (χ2v) is 7.01. The lowest BCUT2D eigenvalue weighted by atomic mass is 10.1. The Balaban J connectivity index is 1.82. The molecular weight excluding hydrogens is 390 g/mol. The number of rotatable bonds is 4. The van der Waals surface area contributed by atoms with E-state index in [9.17, 15) is 24.8 Å². The lowest BCUT2D eigenvalue weighted by molar-refractivity contribution is -0.385. The van der Waals surface area contributed by atoms with E-state index in [4.69, 9.17) is 12.2 Å². The second-order valence-electron chi connectivity index (χ2n) is 5.33. The van der Waals surface area contributed by atoms with Crippen molar-refractivity contribution in [1.29, 1.82) is 0 Å². The fourth-order valence-corrected chi connectivity index (χ4v) is 3.43. The van der Waals surface area contributed by atoms with Crippen LogP contribution in [-0.4, -0.2) is 31.2 Å². The molecule has 0 unspecified atom stereocenters. The van der Waals surface area contributed by atoms with Gasteiger partial charge in [-0.2, -0.15) is 5.01 Å². The number of thioether (sulfide) groups is 1. The number of thiocarbonyl (C=S) groups is 1. The summed E-state index contributed by atoms with van der Waals surface area (Å²) < 4.78 is 0.129. The van der Waals surface area contributed by atoms with Crippen molar-refractivity contribution in [2.24, 2.45) is 0 Å². The van der Waals surface area contributed by atoms with Gasteiger partial charge in [-0.05, 0) is 42.1 Å². The summed E-state index contributed by atoms with van der Waals surface area (Å²) in [6, 6.07) is 12.1. The van der Waals surface area contributed by atoms with Crippen molar-refractivity contribution < 1.29 is 19.6 Å². The van der Waals surface area contributed by atoms with Crippen molar-refractivity contribution in [3.05, 3.63) is 74.7 Å². The number of hydrogen-bond acceptors (Lipinski definition) is 7. The first-order valence-corrected chi connectivity index (χ1v) is 8.70. The highest BCUT2D eigenvalue weighted by atomic mass is 32.2. The van der Waals surface area contributed by atoms with Crippen LogP contribution in [0.4, 0.5) is 5.69 Å². The molecule has 0 atom stereocenters. The van der Waals surface area contributed by atoms with Gasteiger partial charge >= 0.3 is 5.69 Å². The molecule has 2 N–H and O–H groups in total. The monoisotopic (exact) mass is 401 g/mol. The summed E-state index contributed by atoms with van der Waals surface area (Å²) in [6.07, 6.45) is 1.40. The van der Waals surface area contributed by atoms with Gasteiger partial charge in [0.1, 0.15) is 0 Å². The third-order valence-corrected chi connectivity index (χ3v) is 4.84. The van der Waals surface area contributed by atoms with E-state index in [1.807, 2.05) is 0 Å². The van der Waals surface area contributed by atoms with Crippen molar-refractivity contribution >= 4 is 51.9 Å². The number of hydrazine groups is 1. The SMILES string of the molecule is O=C(NN1C(=O)/C(=C\c2ccc(O)c([N+](=O)[O-])c2)SC1=S)c1ccccc1. The van der Waals surface area contributed by atoms with Crippen molar-refractivity contribution in [3.8, 4) is 5.75 Å².